The largest absolute Gasteiger partial charge is 0.298 e. The number of rotatable bonds is 3. The monoisotopic (exact) mass is 281 g/mol. The molecule has 0 radical (unpaired) electrons. The van der Waals surface area contributed by atoms with Crippen molar-refractivity contribution in [1.29, 1.82) is 0 Å². The number of nitrogens with zero attached hydrogens (tertiary/aromatic N) is 3. The minimum absolute atomic E-state index is 0.328. The third-order valence-corrected chi connectivity index (χ3v) is 3.12. The van der Waals surface area contributed by atoms with Gasteiger partial charge < -0.3 is 0 Å². The summed E-state index contributed by atoms with van der Waals surface area (Å²) in [5, 5.41) is 4.39. The molecule has 5 heteroatoms. The molecule has 0 saturated heterocycles. The molecule has 21 heavy (non-hydrogen) atoms. The molecule has 4 nitrogen and oxygen atoms in total. The van der Waals surface area contributed by atoms with E-state index >= 15 is 0 Å². The molecule has 0 aliphatic heterocycles. The van der Waals surface area contributed by atoms with E-state index in [0.29, 0.717) is 22.6 Å². The van der Waals surface area contributed by atoms with Crippen LogP contribution in [0.5, 0.6) is 0 Å². The van der Waals surface area contributed by atoms with Crippen molar-refractivity contribution in [3.63, 3.8) is 0 Å². The van der Waals surface area contributed by atoms with Gasteiger partial charge in [0.1, 0.15) is 11.5 Å². The van der Waals surface area contributed by atoms with Gasteiger partial charge in [0, 0.05) is 18.0 Å². The third kappa shape index (κ3) is 2.58. The number of carbonyl (C=O) groups is 1. The normalized spacial score (nSPS) is 10.6. The predicted octanol–water partition coefficient (Wildman–Crippen LogP) is 3.19. The summed E-state index contributed by atoms with van der Waals surface area (Å²) in [6.07, 6.45) is 4.04. The maximum atomic E-state index is 13.0. The lowest BCUT2D eigenvalue weighted by atomic mass is 10.1. The van der Waals surface area contributed by atoms with Gasteiger partial charge in [-0.05, 0) is 48.9 Å². The fourth-order valence-electron chi connectivity index (χ4n) is 2.07. The van der Waals surface area contributed by atoms with Crippen molar-refractivity contribution in [3.8, 4) is 17.1 Å². The summed E-state index contributed by atoms with van der Waals surface area (Å²) in [6.45, 7) is 1.95. The summed E-state index contributed by atoms with van der Waals surface area (Å²) < 4.78 is 14.5. The summed E-state index contributed by atoms with van der Waals surface area (Å²) in [6, 6.07) is 9.63. The number of halogens is 1. The number of aryl methyl sites for hydroxylation is 1. The first kappa shape index (κ1) is 13.2. The Bertz CT molecular complexity index is 794. The summed E-state index contributed by atoms with van der Waals surface area (Å²) in [4.78, 5) is 15.5. The molecule has 0 spiro atoms. The van der Waals surface area contributed by atoms with E-state index in [0.717, 1.165) is 11.8 Å². The molecule has 3 aromatic rings. The van der Waals surface area contributed by atoms with Crippen LogP contribution in [0.25, 0.3) is 17.1 Å². The van der Waals surface area contributed by atoms with E-state index in [1.807, 2.05) is 19.1 Å². The molecule has 0 saturated carbocycles. The van der Waals surface area contributed by atoms with Crippen LogP contribution < -0.4 is 0 Å². The lowest BCUT2D eigenvalue weighted by molar-refractivity contribution is 0.112. The Morgan fingerprint density at radius 3 is 2.62 bits per heavy atom. The zero-order valence-corrected chi connectivity index (χ0v) is 11.3. The van der Waals surface area contributed by atoms with Crippen molar-refractivity contribution < 1.29 is 9.18 Å². The van der Waals surface area contributed by atoms with E-state index in [1.54, 1.807) is 29.2 Å². The molecule has 0 aliphatic rings. The number of carbonyl (C=O) groups excluding carboxylic acids is 1. The van der Waals surface area contributed by atoms with E-state index < -0.39 is 0 Å². The van der Waals surface area contributed by atoms with Crippen LogP contribution in [-0.4, -0.2) is 21.1 Å². The van der Waals surface area contributed by atoms with Crippen LogP contribution in [-0.2, 0) is 0 Å². The van der Waals surface area contributed by atoms with Crippen molar-refractivity contribution >= 4 is 6.29 Å². The smallest absolute Gasteiger partial charge is 0.153 e. The molecular formula is C16H12FN3O. The summed E-state index contributed by atoms with van der Waals surface area (Å²) in [5.41, 5.74) is 2.68. The Hall–Kier alpha value is -2.82. The molecule has 0 bridgehead atoms. The van der Waals surface area contributed by atoms with Gasteiger partial charge in [-0.1, -0.05) is 0 Å². The first-order valence-electron chi connectivity index (χ1n) is 6.41. The van der Waals surface area contributed by atoms with Crippen LogP contribution in [0.3, 0.4) is 0 Å². The van der Waals surface area contributed by atoms with Gasteiger partial charge in [0.15, 0.2) is 12.1 Å². The lowest BCUT2D eigenvalue weighted by Gasteiger charge is -2.01. The molecule has 2 aromatic heterocycles. The second kappa shape index (κ2) is 5.28. The Morgan fingerprint density at radius 2 is 1.95 bits per heavy atom. The topological polar surface area (TPSA) is 47.8 Å². The molecule has 3 rings (SSSR count). The number of aromatic nitrogens is 3. The van der Waals surface area contributed by atoms with Crippen molar-refractivity contribution in [2.75, 3.05) is 0 Å². The van der Waals surface area contributed by atoms with Crippen LogP contribution in [0.4, 0.5) is 4.39 Å². The van der Waals surface area contributed by atoms with Gasteiger partial charge in [-0.3, -0.25) is 4.79 Å². The first-order chi connectivity index (χ1) is 10.2. The van der Waals surface area contributed by atoms with E-state index in [1.165, 1.54) is 12.1 Å². The highest BCUT2D eigenvalue weighted by Gasteiger charge is 2.12. The molecule has 2 heterocycles. The van der Waals surface area contributed by atoms with Crippen molar-refractivity contribution in [2.24, 2.45) is 0 Å². The molecular weight excluding hydrogens is 269 g/mol. The fourth-order valence-corrected chi connectivity index (χ4v) is 2.07. The molecule has 0 fully saturated rings. The molecule has 1 aromatic carbocycles. The Labute approximate surface area is 120 Å². The van der Waals surface area contributed by atoms with Gasteiger partial charge in [0.05, 0.1) is 5.56 Å². The van der Waals surface area contributed by atoms with Gasteiger partial charge >= 0.3 is 0 Å². The minimum atomic E-state index is -0.328. The standard InChI is InChI=1S/C16H12FN3O/c1-11-6-7-18-15(8-11)20-9-13(10-21)16(19-20)12-2-4-14(17)5-3-12/h2-10H,1H3. The molecule has 0 aliphatic carbocycles. The molecule has 104 valence electrons. The second-order valence-electron chi connectivity index (χ2n) is 4.69. The van der Waals surface area contributed by atoms with E-state index in [4.69, 9.17) is 0 Å². The Balaban J connectivity index is 2.10. The first-order valence-corrected chi connectivity index (χ1v) is 6.41. The molecule has 0 amide bonds. The number of hydrogen-bond acceptors (Lipinski definition) is 3. The third-order valence-electron chi connectivity index (χ3n) is 3.12. The Morgan fingerprint density at radius 1 is 1.19 bits per heavy atom. The summed E-state index contributed by atoms with van der Waals surface area (Å²) >= 11 is 0. The lowest BCUT2D eigenvalue weighted by Crippen LogP contribution is -1.98. The SMILES string of the molecule is Cc1ccnc(-n2cc(C=O)c(-c3ccc(F)cc3)n2)c1. The van der Waals surface area contributed by atoms with Crippen LogP contribution in [0.15, 0.2) is 48.8 Å². The maximum absolute atomic E-state index is 13.0. The zero-order chi connectivity index (χ0) is 14.8. The number of pyridine rings is 1. The average molecular weight is 281 g/mol. The average Bonchev–Trinajstić information content (AvgIpc) is 2.92. The number of benzene rings is 1. The molecule has 0 atom stereocenters. The van der Waals surface area contributed by atoms with Crippen LogP contribution in [0.1, 0.15) is 15.9 Å². The number of aldehydes is 1. The molecule has 0 N–H and O–H groups in total. The second-order valence-corrected chi connectivity index (χ2v) is 4.69. The minimum Gasteiger partial charge on any atom is -0.298 e. The van der Waals surface area contributed by atoms with E-state index in [9.17, 15) is 9.18 Å². The van der Waals surface area contributed by atoms with Gasteiger partial charge in [-0.15, -0.1) is 0 Å². The predicted molar refractivity (Wildman–Crippen MR) is 76.9 cm³/mol. The summed E-state index contributed by atoms with van der Waals surface area (Å²) in [5.74, 6) is 0.303. The highest BCUT2D eigenvalue weighted by molar-refractivity contribution is 5.85. The van der Waals surface area contributed by atoms with Gasteiger partial charge in [-0.2, -0.15) is 5.10 Å². The van der Waals surface area contributed by atoms with Crippen molar-refractivity contribution in [2.45, 2.75) is 6.92 Å². The van der Waals surface area contributed by atoms with Crippen molar-refractivity contribution in [3.05, 3.63) is 65.7 Å². The molecule has 0 unspecified atom stereocenters. The number of hydrogen-bond donors (Lipinski definition) is 0. The van der Waals surface area contributed by atoms with E-state index in [-0.39, 0.29) is 5.82 Å². The quantitative estimate of drug-likeness (QED) is 0.693. The van der Waals surface area contributed by atoms with Crippen LogP contribution in [0.2, 0.25) is 0 Å². The van der Waals surface area contributed by atoms with Gasteiger partial charge in [0.25, 0.3) is 0 Å². The van der Waals surface area contributed by atoms with E-state index in [2.05, 4.69) is 10.1 Å². The Kier molecular flexibility index (Phi) is 3.31. The fraction of sp³-hybridized carbons (Fsp3) is 0.0625. The highest BCUT2D eigenvalue weighted by atomic mass is 19.1. The van der Waals surface area contributed by atoms with Crippen LogP contribution >= 0.6 is 0 Å². The zero-order valence-electron chi connectivity index (χ0n) is 11.3. The summed E-state index contributed by atoms with van der Waals surface area (Å²) in [7, 11) is 0. The van der Waals surface area contributed by atoms with Crippen molar-refractivity contribution in [1.82, 2.24) is 14.8 Å². The van der Waals surface area contributed by atoms with Gasteiger partial charge in [-0.25, -0.2) is 14.1 Å². The van der Waals surface area contributed by atoms with Gasteiger partial charge in [0.2, 0.25) is 0 Å². The highest BCUT2D eigenvalue weighted by Crippen LogP contribution is 2.22. The van der Waals surface area contributed by atoms with Crippen LogP contribution in [0, 0.1) is 12.7 Å². The maximum Gasteiger partial charge on any atom is 0.153 e.